The number of halogens is 1. The van der Waals surface area contributed by atoms with Crippen molar-refractivity contribution in [3.8, 4) is 0 Å². The lowest BCUT2D eigenvalue weighted by molar-refractivity contribution is 0.128. The number of hydrogen-bond acceptors (Lipinski definition) is 5. The lowest BCUT2D eigenvalue weighted by atomic mass is 10.3. The Balaban J connectivity index is 1.91. The fraction of sp³-hybridized carbons (Fsp3) is 0.714. The van der Waals surface area contributed by atoms with Crippen LogP contribution in [0.5, 0.6) is 0 Å². The van der Waals surface area contributed by atoms with E-state index in [1.54, 1.807) is 6.07 Å². The molecule has 6 heteroatoms. The van der Waals surface area contributed by atoms with Gasteiger partial charge < -0.3 is 15.0 Å². The number of likely N-dealkylation sites (tertiary alicyclic amines) is 1. The van der Waals surface area contributed by atoms with Gasteiger partial charge in [0.15, 0.2) is 5.82 Å². The third-order valence-corrected chi connectivity index (χ3v) is 3.50. The molecule has 0 spiro atoms. The van der Waals surface area contributed by atoms with Crippen molar-refractivity contribution >= 4 is 17.4 Å². The van der Waals surface area contributed by atoms with Gasteiger partial charge in [0.25, 0.3) is 0 Å². The van der Waals surface area contributed by atoms with Crippen molar-refractivity contribution in [2.24, 2.45) is 0 Å². The van der Waals surface area contributed by atoms with Gasteiger partial charge in [-0.05, 0) is 39.8 Å². The highest BCUT2D eigenvalue weighted by Crippen LogP contribution is 2.14. The Morgan fingerprint density at radius 1 is 1.40 bits per heavy atom. The van der Waals surface area contributed by atoms with Gasteiger partial charge in [0, 0.05) is 25.3 Å². The molecule has 0 saturated carbocycles. The molecule has 0 bridgehead atoms. The Hall–Kier alpha value is -0.910. The molecule has 0 aliphatic carbocycles. The molecule has 0 amide bonds. The van der Waals surface area contributed by atoms with Crippen LogP contribution in [0.25, 0.3) is 0 Å². The number of ether oxygens (including phenoxy) is 1. The molecule has 1 N–H and O–H groups in total. The Bertz CT molecular complexity index is 424. The molecule has 20 heavy (non-hydrogen) atoms. The molecule has 1 atom stereocenters. The van der Waals surface area contributed by atoms with E-state index in [1.807, 2.05) is 6.92 Å². The normalized spacial score (nSPS) is 17.4. The van der Waals surface area contributed by atoms with Crippen LogP contribution in [0.3, 0.4) is 0 Å². The summed E-state index contributed by atoms with van der Waals surface area (Å²) in [5.74, 6) is 1.39. The fourth-order valence-electron chi connectivity index (χ4n) is 2.45. The summed E-state index contributed by atoms with van der Waals surface area (Å²) >= 11 is 6.03. The molecule has 1 fully saturated rings. The Labute approximate surface area is 125 Å². The smallest absolute Gasteiger partial charge is 0.158 e. The number of nitrogens with one attached hydrogen (secondary N) is 1. The first-order valence-corrected chi connectivity index (χ1v) is 7.65. The van der Waals surface area contributed by atoms with Crippen LogP contribution in [-0.2, 0) is 11.3 Å². The van der Waals surface area contributed by atoms with E-state index in [9.17, 15) is 0 Å². The van der Waals surface area contributed by atoms with E-state index in [1.165, 1.54) is 25.9 Å². The van der Waals surface area contributed by atoms with E-state index in [0.717, 1.165) is 12.4 Å². The van der Waals surface area contributed by atoms with Crippen LogP contribution in [0.4, 0.5) is 5.82 Å². The van der Waals surface area contributed by atoms with Gasteiger partial charge >= 0.3 is 0 Å². The summed E-state index contributed by atoms with van der Waals surface area (Å²) in [6.07, 6.45) is 2.62. The van der Waals surface area contributed by atoms with Gasteiger partial charge in [-0.3, -0.25) is 0 Å². The zero-order valence-corrected chi connectivity index (χ0v) is 13.0. The molecule has 2 rings (SSSR count). The third kappa shape index (κ3) is 4.89. The zero-order valence-electron chi connectivity index (χ0n) is 12.2. The van der Waals surface area contributed by atoms with Gasteiger partial charge in [0.05, 0.1) is 0 Å². The summed E-state index contributed by atoms with van der Waals surface area (Å²) in [7, 11) is 0. The van der Waals surface area contributed by atoms with Crippen molar-refractivity contribution in [3.05, 3.63) is 17.0 Å². The lowest BCUT2D eigenvalue weighted by Crippen LogP contribution is -2.33. The maximum absolute atomic E-state index is 6.03. The minimum Gasteiger partial charge on any atom is -0.374 e. The SMILES string of the molecule is CCOCc1nc(Cl)cc(NC(C)CN2CCCC2)n1. The Morgan fingerprint density at radius 2 is 2.15 bits per heavy atom. The monoisotopic (exact) mass is 298 g/mol. The molecule has 1 aliphatic heterocycles. The number of aromatic nitrogens is 2. The number of nitrogens with zero attached hydrogens (tertiary/aromatic N) is 3. The molecule has 1 aromatic heterocycles. The third-order valence-electron chi connectivity index (χ3n) is 3.30. The Kier molecular flexibility index (Phi) is 6.01. The highest BCUT2D eigenvalue weighted by atomic mass is 35.5. The second kappa shape index (κ2) is 7.76. The molecular weight excluding hydrogens is 276 g/mol. The largest absolute Gasteiger partial charge is 0.374 e. The lowest BCUT2D eigenvalue weighted by Gasteiger charge is -2.21. The summed E-state index contributed by atoms with van der Waals surface area (Å²) in [6.45, 7) is 8.58. The van der Waals surface area contributed by atoms with Crippen LogP contribution in [0, 0.1) is 0 Å². The predicted octanol–water partition coefficient (Wildman–Crippen LogP) is 2.56. The van der Waals surface area contributed by atoms with Crippen molar-refractivity contribution in [2.45, 2.75) is 39.3 Å². The Morgan fingerprint density at radius 3 is 2.85 bits per heavy atom. The molecule has 112 valence electrons. The predicted molar refractivity (Wildman–Crippen MR) is 81.1 cm³/mol. The van der Waals surface area contributed by atoms with Crippen molar-refractivity contribution in [2.75, 3.05) is 31.6 Å². The standard InChI is InChI=1S/C14H23ClN4O/c1-3-20-10-14-17-12(15)8-13(18-14)16-11(2)9-19-6-4-5-7-19/h8,11H,3-7,9-10H2,1-2H3,(H,16,17,18). The van der Waals surface area contributed by atoms with Gasteiger partial charge in [-0.15, -0.1) is 0 Å². The van der Waals surface area contributed by atoms with Crippen molar-refractivity contribution in [1.29, 1.82) is 0 Å². The molecule has 0 radical (unpaired) electrons. The van der Waals surface area contributed by atoms with Crippen LogP contribution < -0.4 is 5.32 Å². The van der Waals surface area contributed by atoms with Crippen molar-refractivity contribution < 1.29 is 4.74 Å². The van der Waals surface area contributed by atoms with E-state index in [2.05, 4.69) is 27.1 Å². The maximum Gasteiger partial charge on any atom is 0.158 e. The van der Waals surface area contributed by atoms with Gasteiger partial charge in [0.1, 0.15) is 17.6 Å². The molecule has 1 saturated heterocycles. The van der Waals surface area contributed by atoms with E-state index in [-0.39, 0.29) is 0 Å². The molecule has 5 nitrogen and oxygen atoms in total. The van der Waals surface area contributed by atoms with Crippen LogP contribution >= 0.6 is 11.6 Å². The van der Waals surface area contributed by atoms with Gasteiger partial charge in [-0.1, -0.05) is 11.6 Å². The highest BCUT2D eigenvalue weighted by Gasteiger charge is 2.15. The quantitative estimate of drug-likeness (QED) is 0.784. The van der Waals surface area contributed by atoms with Gasteiger partial charge in [-0.2, -0.15) is 0 Å². The summed E-state index contributed by atoms with van der Waals surface area (Å²) in [6, 6.07) is 2.09. The number of rotatable bonds is 7. The molecule has 1 unspecified atom stereocenters. The second-order valence-electron chi connectivity index (χ2n) is 5.18. The van der Waals surface area contributed by atoms with Crippen LogP contribution in [-0.4, -0.2) is 47.2 Å². The fourth-order valence-corrected chi connectivity index (χ4v) is 2.65. The summed E-state index contributed by atoms with van der Waals surface area (Å²) < 4.78 is 5.32. The summed E-state index contributed by atoms with van der Waals surface area (Å²) in [5, 5.41) is 3.84. The summed E-state index contributed by atoms with van der Waals surface area (Å²) in [5.41, 5.74) is 0. The van der Waals surface area contributed by atoms with E-state index in [4.69, 9.17) is 16.3 Å². The van der Waals surface area contributed by atoms with E-state index in [0.29, 0.717) is 30.2 Å². The van der Waals surface area contributed by atoms with Gasteiger partial charge in [0.2, 0.25) is 0 Å². The topological polar surface area (TPSA) is 50.3 Å². The number of hydrogen-bond donors (Lipinski definition) is 1. The minimum atomic E-state index is 0.332. The number of anilines is 1. The van der Waals surface area contributed by atoms with Crippen LogP contribution in [0.15, 0.2) is 6.07 Å². The zero-order chi connectivity index (χ0) is 14.4. The average molecular weight is 299 g/mol. The molecule has 1 aliphatic rings. The second-order valence-corrected chi connectivity index (χ2v) is 5.57. The molecule has 0 aromatic carbocycles. The average Bonchev–Trinajstić information content (AvgIpc) is 2.88. The van der Waals surface area contributed by atoms with Crippen molar-refractivity contribution in [1.82, 2.24) is 14.9 Å². The first-order valence-electron chi connectivity index (χ1n) is 7.27. The maximum atomic E-state index is 6.03. The van der Waals surface area contributed by atoms with Gasteiger partial charge in [-0.25, -0.2) is 9.97 Å². The molecule has 2 heterocycles. The summed E-state index contributed by atoms with van der Waals surface area (Å²) in [4.78, 5) is 11.1. The minimum absolute atomic E-state index is 0.332. The van der Waals surface area contributed by atoms with Crippen LogP contribution in [0.1, 0.15) is 32.5 Å². The first-order chi connectivity index (χ1) is 9.67. The van der Waals surface area contributed by atoms with E-state index >= 15 is 0 Å². The molecular formula is C14H23ClN4O. The highest BCUT2D eigenvalue weighted by molar-refractivity contribution is 6.29. The van der Waals surface area contributed by atoms with E-state index < -0.39 is 0 Å². The van der Waals surface area contributed by atoms with Crippen molar-refractivity contribution in [3.63, 3.8) is 0 Å². The molecule has 1 aromatic rings. The first kappa shape index (κ1) is 15.5. The van der Waals surface area contributed by atoms with Crippen LogP contribution in [0.2, 0.25) is 5.15 Å².